The highest BCUT2D eigenvalue weighted by atomic mass is 19.1. The van der Waals surface area contributed by atoms with Crippen molar-refractivity contribution in [3.8, 4) is 0 Å². The lowest BCUT2D eigenvalue weighted by atomic mass is 9.97. The van der Waals surface area contributed by atoms with Crippen LogP contribution in [0.5, 0.6) is 0 Å². The van der Waals surface area contributed by atoms with Crippen molar-refractivity contribution in [2.45, 2.75) is 56.9 Å². The van der Waals surface area contributed by atoms with Gasteiger partial charge >= 0.3 is 0 Å². The number of nitrogens with one attached hydrogen (secondary N) is 3. The molecule has 3 aliphatic rings. The highest BCUT2D eigenvalue weighted by molar-refractivity contribution is 6.00. The summed E-state index contributed by atoms with van der Waals surface area (Å²) in [5.74, 6) is 1.84. The number of H-pyrrole nitrogens is 1. The molecule has 3 aromatic rings. The Hall–Kier alpha value is -3.83. The number of hydrogen-bond donors (Lipinski definition) is 3. The fraction of sp³-hybridized carbons (Fsp3) is 0.500. The average Bonchev–Trinajstić information content (AvgIpc) is 3.24. The van der Waals surface area contributed by atoms with Gasteiger partial charge in [-0.2, -0.15) is 24.4 Å². The molecule has 36 heavy (non-hydrogen) atoms. The summed E-state index contributed by atoms with van der Waals surface area (Å²) < 4.78 is 13.2. The molecule has 2 aliphatic heterocycles. The summed E-state index contributed by atoms with van der Waals surface area (Å²) in [4.78, 5) is 35.3. The van der Waals surface area contributed by atoms with Crippen LogP contribution < -0.4 is 20.4 Å². The molecule has 1 amide bonds. The Kier molecular flexibility index (Phi) is 5.65. The quantitative estimate of drug-likeness (QED) is 0.425. The molecule has 3 N–H and O–H groups in total. The minimum Gasteiger partial charge on any atom is -0.341 e. The number of carbonyl (C=O) groups excluding carboxylic acids is 1. The SMILES string of the molecule is CC1(C(=O)Nc2ccc(F)nc2)CCCN1c1nc(Nc2cc(C3CC3)[nH]n2)nc(N2CCCC2)n1. The predicted molar refractivity (Wildman–Crippen MR) is 133 cm³/mol. The third-order valence-electron chi connectivity index (χ3n) is 7.21. The maximum Gasteiger partial charge on any atom is 0.250 e. The molecule has 0 aromatic carbocycles. The number of carbonyl (C=O) groups is 1. The third-order valence-corrected chi connectivity index (χ3v) is 7.21. The molecule has 0 radical (unpaired) electrons. The molecule has 0 bridgehead atoms. The molecule has 5 heterocycles. The highest BCUT2D eigenvalue weighted by Gasteiger charge is 2.45. The zero-order valence-corrected chi connectivity index (χ0v) is 20.2. The zero-order chi connectivity index (χ0) is 24.7. The molecule has 0 spiro atoms. The molecule has 2 saturated heterocycles. The summed E-state index contributed by atoms with van der Waals surface area (Å²) in [6.45, 7) is 4.27. The molecular formula is C24H29FN10O. The lowest BCUT2D eigenvalue weighted by Gasteiger charge is -2.34. The Morgan fingerprint density at radius 1 is 1.11 bits per heavy atom. The standard InChI is InChI=1S/C24H29FN10O/c1-24(20(36)27-16-7-8-18(25)26-14-16)9-4-12-35(24)23-30-21(29-22(31-23)34-10-2-3-11-34)28-19-13-17(32-33-19)15-5-6-15/h7-8,13-15H,2-6,9-12H2,1H3,(H,27,36)(H2,28,29,30,31,32,33). The third kappa shape index (κ3) is 4.42. The molecule has 188 valence electrons. The number of anilines is 5. The fourth-order valence-electron chi connectivity index (χ4n) is 4.94. The summed E-state index contributed by atoms with van der Waals surface area (Å²) in [6.07, 6.45) is 7.29. The van der Waals surface area contributed by atoms with Gasteiger partial charge in [0.15, 0.2) is 5.82 Å². The predicted octanol–water partition coefficient (Wildman–Crippen LogP) is 3.35. The van der Waals surface area contributed by atoms with E-state index in [1.165, 1.54) is 31.2 Å². The van der Waals surface area contributed by atoms with Crippen molar-refractivity contribution < 1.29 is 9.18 Å². The molecule has 1 saturated carbocycles. The summed E-state index contributed by atoms with van der Waals surface area (Å²) >= 11 is 0. The first-order valence-corrected chi connectivity index (χ1v) is 12.5. The number of halogens is 1. The lowest BCUT2D eigenvalue weighted by molar-refractivity contribution is -0.120. The molecule has 12 heteroatoms. The van der Waals surface area contributed by atoms with Crippen LogP contribution in [0.4, 0.5) is 33.7 Å². The minimum absolute atomic E-state index is 0.215. The second-order valence-corrected chi connectivity index (χ2v) is 9.91. The summed E-state index contributed by atoms with van der Waals surface area (Å²) in [6, 6.07) is 4.72. The van der Waals surface area contributed by atoms with Crippen molar-refractivity contribution in [1.82, 2.24) is 30.1 Å². The van der Waals surface area contributed by atoms with Crippen molar-refractivity contribution in [1.29, 1.82) is 0 Å². The number of amides is 1. The first-order chi connectivity index (χ1) is 17.5. The van der Waals surface area contributed by atoms with Gasteiger partial charge in [-0.05, 0) is 57.6 Å². The monoisotopic (exact) mass is 492 g/mol. The number of aromatic amines is 1. The zero-order valence-electron chi connectivity index (χ0n) is 20.2. The summed E-state index contributed by atoms with van der Waals surface area (Å²) in [5, 5.41) is 13.6. The second-order valence-electron chi connectivity index (χ2n) is 9.91. The number of hydrogen-bond acceptors (Lipinski definition) is 9. The maximum atomic E-state index is 13.4. The Morgan fingerprint density at radius 3 is 2.67 bits per heavy atom. The topological polar surface area (TPSA) is 128 Å². The van der Waals surface area contributed by atoms with Crippen LogP contribution in [0.1, 0.15) is 57.1 Å². The van der Waals surface area contributed by atoms with E-state index in [2.05, 4.69) is 35.7 Å². The first kappa shape index (κ1) is 22.6. The van der Waals surface area contributed by atoms with Gasteiger partial charge in [-0.3, -0.25) is 9.89 Å². The van der Waals surface area contributed by atoms with E-state index in [0.717, 1.165) is 38.0 Å². The van der Waals surface area contributed by atoms with E-state index in [-0.39, 0.29) is 5.91 Å². The van der Waals surface area contributed by atoms with Crippen LogP contribution >= 0.6 is 0 Å². The van der Waals surface area contributed by atoms with Gasteiger partial charge in [-0.15, -0.1) is 0 Å². The van der Waals surface area contributed by atoms with Gasteiger partial charge in [0.2, 0.25) is 29.7 Å². The summed E-state index contributed by atoms with van der Waals surface area (Å²) in [5.41, 5.74) is 0.668. The minimum atomic E-state index is -0.888. The van der Waals surface area contributed by atoms with Crippen LogP contribution in [0, 0.1) is 5.95 Å². The number of nitrogens with zero attached hydrogens (tertiary/aromatic N) is 7. The lowest BCUT2D eigenvalue weighted by Crippen LogP contribution is -2.51. The van der Waals surface area contributed by atoms with E-state index in [4.69, 9.17) is 9.97 Å². The molecule has 1 atom stereocenters. The Balaban J connectivity index is 1.30. The Morgan fingerprint density at radius 2 is 1.92 bits per heavy atom. The van der Waals surface area contributed by atoms with Crippen LogP contribution in [-0.2, 0) is 4.79 Å². The van der Waals surface area contributed by atoms with Crippen molar-refractivity contribution >= 4 is 35.3 Å². The van der Waals surface area contributed by atoms with Crippen molar-refractivity contribution in [2.24, 2.45) is 0 Å². The molecule has 3 aromatic heterocycles. The normalized spacial score (nSPS) is 21.7. The van der Waals surface area contributed by atoms with Crippen LogP contribution in [0.2, 0.25) is 0 Å². The maximum absolute atomic E-state index is 13.4. The Bertz CT molecular complexity index is 1250. The van der Waals surface area contributed by atoms with E-state index in [0.29, 0.717) is 48.2 Å². The van der Waals surface area contributed by atoms with E-state index in [9.17, 15) is 9.18 Å². The summed E-state index contributed by atoms with van der Waals surface area (Å²) in [7, 11) is 0. The fourth-order valence-corrected chi connectivity index (χ4v) is 4.94. The molecule has 3 fully saturated rings. The number of rotatable bonds is 7. The van der Waals surface area contributed by atoms with Crippen molar-refractivity contribution in [2.75, 3.05) is 40.1 Å². The van der Waals surface area contributed by atoms with Gasteiger partial charge in [0.05, 0.1) is 11.9 Å². The van der Waals surface area contributed by atoms with E-state index in [1.54, 1.807) is 0 Å². The van der Waals surface area contributed by atoms with Crippen LogP contribution in [0.25, 0.3) is 0 Å². The molecule has 11 nitrogen and oxygen atoms in total. The van der Waals surface area contributed by atoms with Crippen LogP contribution in [0.3, 0.4) is 0 Å². The van der Waals surface area contributed by atoms with Crippen LogP contribution in [0.15, 0.2) is 24.4 Å². The molecule has 1 unspecified atom stereocenters. The van der Waals surface area contributed by atoms with Crippen molar-refractivity contribution in [3.05, 3.63) is 36.0 Å². The first-order valence-electron chi connectivity index (χ1n) is 12.5. The largest absolute Gasteiger partial charge is 0.341 e. The van der Waals surface area contributed by atoms with E-state index in [1.807, 2.05) is 17.9 Å². The average molecular weight is 493 g/mol. The number of pyridine rings is 1. The van der Waals surface area contributed by atoms with Gasteiger partial charge in [0, 0.05) is 37.3 Å². The molecular weight excluding hydrogens is 463 g/mol. The van der Waals surface area contributed by atoms with E-state index >= 15 is 0 Å². The van der Waals surface area contributed by atoms with E-state index < -0.39 is 11.5 Å². The van der Waals surface area contributed by atoms with Gasteiger partial charge in [0.25, 0.3) is 0 Å². The molecule has 6 rings (SSSR count). The van der Waals surface area contributed by atoms with Gasteiger partial charge in [0.1, 0.15) is 5.54 Å². The smallest absolute Gasteiger partial charge is 0.250 e. The van der Waals surface area contributed by atoms with Gasteiger partial charge in [-0.25, -0.2) is 4.98 Å². The van der Waals surface area contributed by atoms with Crippen molar-refractivity contribution in [3.63, 3.8) is 0 Å². The molecule has 1 aliphatic carbocycles. The Labute approximate surface area is 207 Å². The van der Waals surface area contributed by atoms with Crippen LogP contribution in [-0.4, -0.2) is 61.2 Å². The van der Waals surface area contributed by atoms with Gasteiger partial charge < -0.3 is 20.4 Å². The van der Waals surface area contributed by atoms with Gasteiger partial charge in [-0.1, -0.05) is 0 Å². The second kappa shape index (κ2) is 8.99. The number of aromatic nitrogens is 6. The highest BCUT2D eigenvalue weighted by Crippen LogP contribution is 2.40.